The number of nitrogens with zero attached hydrogens (tertiary/aromatic N) is 3. The second-order valence-electron chi connectivity index (χ2n) is 4.21. The number of aromatic nitrogens is 4. The van der Waals surface area contributed by atoms with Gasteiger partial charge in [0.15, 0.2) is 0 Å². The van der Waals surface area contributed by atoms with Crippen molar-refractivity contribution in [1.82, 2.24) is 19.2 Å². The van der Waals surface area contributed by atoms with Crippen LogP contribution in [0.2, 0.25) is 0 Å². The van der Waals surface area contributed by atoms with Gasteiger partial charge in [0.05, 0.1) is 11.0 Å². The first-order chi connectivity index (χ1) is 9.24. The molecule has 0 saturated heterocycles. The molecule has 2 aromatic heterocycles. The van der Waals surface area contributed by atoms with Crippen molar-refractivity contribution in [3.8, 4) is 0 Å². The van der Waals surface area contributed by atoms with Gasteiger partial charge in [0.1, 0.15) is 0 Å². The lowest BCUT2D eigenvalue weighted by atomic mass is 10.3. The van der Waals surface area contributed by atoms with Crippen LogP contribution in [0.3, 0.4) is 0 Å². The summed E-state index contributed by atoms with van der Waals surface area (Å²) in [5.74, 6) is 0.374. The number of aliphatic hydroxyl groups excluding tert-OH is 1. The monoisotopic (exact) mass is 260 g/mol. The van der Waals surface area contributed by atoms with Gasteiger partial charge in [-0.05, 0) is 18.6 Å². The molecule has 7 nitrogen and oxygen atoms in total. The molecular weight excluding hydrogens is 248 g/mol. The van der Waals surface area contributed by atoms with Gasteiger partial charge in [-0.3, -0.25) is 9.59 Å². The maximum absolute atomic E-state index is 11.9. The zero-order valence-electron chi connectivity index (χ0n) is 10.0. The highest BCUT2D eigenvalue weighted by Crippen LogP contribution is 2.17. The molecule has 19 heavy (non-hydrogen) atoms. The van der Waals surface area contributed by atoms with Gasteiger partial charge in [0.2, 0.25) is 5.78 Å². The van der Waals surface area contributed by atoms with Crippen LogP contribution in [-0.2, 0) is 6.54 Å². The van der Waals surface area contributed by atoms with Crippen LogP contribution in [0.5, 0.6) is 0 Å². The van der Waals surface area contributed by atoms with Crippen LogP contribution in [0.15, 0.2) is 33.9 Å². The van der Waals surface area contributed by atoms with E-state index in [1.807, 2.05) is 16.7 Å². The van der Waals surface area contributed by atoms with E-state index in [1.165, 1.54) is 4.40 Å². The minimum Gasteiger partial charge on any atom is -0.396 e. The Bertz CT molecular complexity index is 859. The number of fused-ring (bicyclic) bond motifs is 3. The third-order valence-electron chi connectivity index (χ3n) is 3.05. The molecule has 0 radical (unpaired) electrons. The molecule has 2 heterocycles. The second kappa shape index (κ2) is 4.36. The first-order valence-corrected chi connectivity index (χ1v) is 5.93. The van der Waals surface area contributed by atoms with E-state index in [-0.39, 0.29) is 6.61 Å². The molecule has 3 rings (SSSR count). The lowest BCUT2D eigenvalue weighted by molar-refractivity contribution is 0.281. The first kappa shape index (κ1) is 11.7. The Morgan fingerprint density at radius 1 is 1.21 bits per heavy atom. The fourth-order valence-electron chi connectivity index (χ4n) is 2.23. The van der Waals surface area contributed by atoms with Crippen molar-refractivity contribution < 1.29 is 5.11 Å². The van der Waals surface area contributed by atoms with E-state index in [4.69, 9.17) is 5.11 Å². The molecule has 0 fully saturated rings. The topological polar surface area (TPSA) is 92.4 Å². The molecule has 0 saturated carbocycles. The van der Waals surface area contributed by atoms with Gasteiger partial charge in [0, 0.05) is 13.2 Å². The minimum absolute atomic E-state index is 0.0479. The van der Waals surface area contributed by atoms with Crippen molar-refractivity contribution in [1.29, 1.82) is 0 Å². The highest BCUT2D eigenvalue weighted by atomic mass is 16.3. The smallest absolute Gasteiger partial charge is 0.330 e. The summed E-state index contributed by atoms with van der Waals surface area (Å²) in [4.78, 5) is 23.3. The number of aromatic amines is 1. The largest absolute Gasteiger partial charge is 0.396 e. The van der Waals surface area contributed by atoms with Crippen LogP contribution in [0.4, 0.5) is 0 Å². The maximum atomic E-state index is 11.9. The Labute approximate surface area is 106 Å². The van der Waals surface area contributed by atoms with Crippen LogP contribution < -0.4 is 11.1 Å². The molecular formula is C12H12N4O3. The molecule has 0 aliphatic carbocycles. The lowest BCUT2D eigenvalue weighted by Gasteiger charge is -2.02. The second-order valence-corrected chi connectivity index (χ2v) is 4.21. The molecule has 2 N–H and O–H groups in total. The molecule has 7 heteroatoms. The fourth-order valence-corrected chi connectivity index (χ4v) is 2.23. The molecule has 98 valence electrons. The van der Waals surface area contributed by atoms with Gasteiger partial charge >= 0.3 is 11.1 Å². The number of rotatable bonds is 3. The summed E-state index contributed by atoms with van der Waals surface area (Å²) in [5, 5.41) is 15.1. The number of H-pyrrole nitrogens is 1. The van der Waals surface area contributed by atoms with Crippen LogP contribution in [0.1, 0.15) is 6.42 Å². The third-order valence-corrected chi connectivity index (χ3v) is 3.05. The molecule has 0 aliphatic rings. The number of imidazole rings is 1. The summed E-state index contributed by atoms with van der Waals surface area (Å²) < 4.78 is 3.11. The SMILES string of the molecule is O=c1[nH]nc2n(CCCO)c3ccccc3n2c1=O. The van der Waals surface area contributed by atoms with E-state index in [0.717, 1.165) is 5.52 Å². The number of hydrogen-bond donors (Lipinski definition) is 2. The predicted octanol–water partition coefficient (Wildman–Crippen LogP) is -0.280. The summed E-state index contributed by atoms with van der Waals surface area (Å²) in [5.41, 5.74) is 0.0464. The van der Waals surface area contributed by atoms with E-state index in [1.54, 1.807) is 12.1 Å². The van der Waals surface area contributed by atoms with Crippen LogP contribution in [0, 0.1) is 0 Å². The lowest BCUT2D eigenvalue weighted by Crippen LogP contribution is -2.33. The molecule has 0 bridgehead atoms. The van der Waals surface area contributed by atoms with Crippen molar-refractivity contribution in [2.75, 3.05) is 6.61 Å². The van der Waals surface area contributed by atoms with Gasteiger partial charge in [-0.2, -0.15) is 0 Å². The highest BCUT2D eigenvalue weighted by molar-refractivity contribution is 5.80. The van der Waals surface area contributed by atoms with E-state index in [2.05, 4.69) is 10.2 Å². The van der Waals surface area contributed by atoms with E-state index in [0.29, 0.717) is 24.3 Å². The quantitative estimate of drug-likeness (QED) is 0.633. The summed E-state index contributed by atoms with van der Waals surface area (Å²) in [6.45, 7) is 0.568. The number of nitrogens with one attached hydrogen (secondary N) is 1. The number of benzene rings is 1. The summed E-state index contributed by atoms with van der Waals surface area (Å²) in [6.07, 6.45) is 0.545. The van der Waals surface area contributed by atoms with Crippen molar-refractivity contribution in [2.24, 2.45) is 0 Å². The minimum atomic E-state index is -0.748. The Hall–Kier alpha value is -2.41. The zero-order chi connectivity index (χ0) is 13.4. The van der Waals surface area contributed by atoms with Crippen molar-refractivity contribution in [2.45, 2.75) is 13.0 Å². The number of para-hydroxylation sites is 2. The molecule has 0 amide bonds. The van der Waals surface area contributed by atoms with Gasteiger partial charge in [-0.1, -0.05) is 12.1 Å². The Morgan fingerprint density at radius 2 is 1.95 bits per heavy atom. The molecule has 0 atom stereocenters. The molecule has 3 aromatic rings. The van der Waals surface area contributed by atoms with Crippen LogP contribution in [-0.4, -0.2) is 30.9 Å². The highest BCUT2D eigenvalue weighted by Gasteiger charge is 2.13. The average Bonchev–Trinajstić information content (AvgIpc) is 2.75. The van der Waals surface area contributed by atoms with E-state index < -0.39 is 11.1 Å². The average molecular weight is 260 g/mol. The van der Waals surface area contributed by atoms with Crippen molar-refractivity contribution >= 4 is 16.8 Å². The normalized spacial score (nSPS) is 11.4. The molecule has 0 unspecified atom stereocenters. The van der Waals surface area contributed by atoms with Crippen LogP contribution >= 0.6 is 0 Å². The van der Waals surface area contributed by atoms with Crippen molar-refractivity contribution in [3.63, 3.8) is 0 Å². The Kier molecular flexibility index (Phi) is 2.68. The Balaban J connectivity index is 2.48. The summed E-state index contributed by atoms with van der Waals surface area (Å²) in [6, 6.07) is 7.26. The van der Waals surface area contributed by atoms with E-state index in [9.17, 15) is 9.59 Å². The number of aryl methyl sites for hydroxylation is 1. The number of hydrogen-bond acceptors (Lipinski definition) is 4. The summed E-state index contributed by atoms with van der Waals surface area (Å²) in [7, 11) is 0. The van der Waals surface area contributed by atoms with E-state index >= 15 is 0 Å². The van der Waals surface area contributed by atoms with Crippen LogP contribution in [0.25, 0.3) is 16.8 Å². The fraction of sp³-hybridized carbons (Fsp3) is 0.250. The van der Waals surface area contributed by atoms with Crippen molar-refractivity contribution in [3.05, 3.63) is 45.0 Å². The summed E-state index contributed by atoms with van der Waals surface area (Å²) >= 11 is 0. The first-order valence-electron chi connectivity index (χ1n) is 5.93. The molecule has 1 aromatic carbocycles. The number of aliphatic hydroxyl groups is 1. The van der Waals surface area contributed by atoms with Gasteiger partial charge < -0.3 is 9.67 Å². The molecule has 0 spiro atoms. The van der Waals surface area contributed by atoms with Gasteiger partial charge in [-0.25, -0.2) is 9.50 Å². The zero-order valence-corrected chi connectivity index (χ0v) is 10.0. The Morgan fingerprint density at radius 3 is 2.68 bits per heavy atom. The predicted molar refractivity (Wildman–Crippen MR) is 69.3 cm³/mol. The van der Waals surface area contributed by atoms with Gasteiger partial charge in [0.25, 0.3) is 0 Å². The standard InChI is InChI=1S/C12H12N4O3/c17-7-3-6-15-8-4-1-2-5-9(8)16-11(19)10(18)13-14-12(15)16/h1-2,4-5,17H,3,6-7H2,(H,13,18). The third kappa shape index (κ3) is 1.66. The van der Waals surface area contributed by atoms with Gasteiger partial charge in [-0.15, -0.1) is 5.10 Å². The molecule has 0 aliphatic heterocycles. The maximum Gasteiger partial charge on any atom is 0.330 e.